The van der Waals surface area contributed by atoms with E-state index >= 15 is 0 Å². The Kier molecular flexibility index (Phi) is 4.30. The second-order valence-electron chi connectivity index (χ2n) is 4.62. The second kappa shape index (κ2) is 6.14. The van der Waals surface area contributed by atoms with Crippen molar-refractivity contribution in [3.8, 4) is 0 Å². The number of nitrogens with one attached hydrogen (secondary N) is 1. The summed E-state index contributed by atoms with van der Waals surface area (Å²) in [5.41, 5.74) is 8.04. The summed E-state index contributed by atoms with van der Waals surface area (Å²) in [7, 11) is 0. The summed E-state index contributed by atoms with van der Waals surface area (Å²) in [6, 6.07) is 8.32. The minimum absolute atomic E-state index is 0.164. The van der Waals surface area contributed by atoms with Crippen molar-refractivity contribution in [2.24, 2.45) is 0 Å². The van der Waals surface area contributed by atoms with E-state index in [9.17, 15) is 9.18 Å². The van der Waals surface area contributed by atoms with Gasteiger partial charge in [-0.2, -0.15) is 0 Å². The first-order valence-corrected chi connectivity index (χ1v) is 6.27. The highest BCUT2D eigenvalue weighted by Gasteiger charge is 2.05. The maximum absolute atomic E-state index is 13.4. The highest BCUT2D eigenvalue weighted by molar-refractivity contribution is 5.78. The van der Waals surface area contributed by atoms with Gasteiger partial charge in [0.1, 0.15) is 5.82 Å². The van der Waals surface area contributed by atoms with Gasteiger partial charge in [-0.25, -0.2) is 4.39 Å². The van der Waals surface area contributed by atoms with Crippen molar-refractivity contribution in [2.45, 2.75) is 19.9 Å². The van der Waals surface area contributed by atoms with Gasteiger partial charge < -0.3 is 11.1 Å². The lowest BCUT2D eigenvalue weighted by molar-refractivity contribution is -0.120. The Hall–Kier alpha value is -2.43. The number of carbonyl (C=O) groups is 1. The minimum atomic E-state index is -0.267. The number of rotatable bonds is 4. The van der Waals surface area contributed by atoms with Gasteiger partial charge >= 0.3 is 0 Å². The zero-order valence-corrected chi connectivity index (χ0v) is 11.2. The Morgan fingerprint density at radius 3 is 2.80 bits per heavy atom. The number of pyridine rings is 1. The molecule has 5 heteroatoms. The van der Waals surface area contributed by atoms with Crippen molar-refractivity contribution < 1.29 is 9.18 Å². The molecule has 3 N–H and O–H groups in total. The third-order valence-electron chi connectivity index (χ3n) is 2.92. The van der Waals surface area contributed by atoms with Gasteiger partial charge in [0.05, 0.1) is 18.3 Å². The Morgan fingerprint density at radius 2 is 2.15 bits per heavy atom. The molecule has 0 atom stereocenters. The molecule has 20 heavy (non-hydrogen) atoms. The summed E-state index contributed by atoms with van der Waals surface area (Å²) in [4.78, 5) is 15.8. The average Bonchev–Trinajstić information content (AvgIpc) is 2.43. The predicted molar refractivity (Wildman–Crippen MR) is 75.3 cm³/mol. The largest absolute Gasteiger partial charge is 0.397 e. The van der Waals surface area contributed by atoms with E-state index in [0.717, 1.165) is 5.56 Å². The molecule has 1 aromatic carbocycles. The molecule has 0 aliphatic rings. The summed E-state index contributed by atoms with van der Waals surface area (Å²) >= 11 is 0. The number of aromatic nitrogens is 1. The standard InChI is InChI=1S/C15H16FN3O/c1-10-2-3-11(6-14(10)16)8-19-15(20)7-13-5-4-12(17)9-18-13/h2-6,9H,7-8,17H2,1H3,(H,19,20). The van der Waals surface area contributed by atoms with E-state index in [1.807, 2.05) is 0 Å². The molecule has 0 radical (unpaired) electrons. The van der Waals surface area contributed by atoms with Gasteiger partial charge in [0.25, 0.3) is 0 Å². The smallest absolute Gasteiger partial charge is 0.226 e. The monoisotopic (exact) mass is 273 g/mol. The van der Waals surface area contributed by atoms with Crippen LogP contribution < -0.4 is 11.1 Å². The van der Waals surface area contributed by atoms with Crippen LogP contribution in [0.2, 0.25) is 0 Å². The molecule has 104 valence electrons. The van der Waals surface area contributed by atoms with Crippen LogP contribution in [-0.2, 0) is 17.8 Å². The maximum atomic E-state index is 13.4. The fourth-order valence-electron chi connectivity index (χ4n) is 1.71. The first kappa shape index (κ1) is 14.0. The summed E-state index contributed by atoms with van der Waals surface area (Å²) < 4.78 is 13.4. The zero-order valence-electron chi connectivity index (χ0n) is 11.2. The molecule has 0 bridgehead atoms. The Labute approximate surface area is 116 Å². The third kappa shape index (κ3) is 3.78. The SMILES string of the molecule is Cc1ccc(CNC(=O)Cc2ccc(N)cn2)cc1F. The molecule has 0 fully saturated rings. The van der Waals surface area contributed by atoms with Crippen LogP contribution in [0.1, 0.15) is 16.8 Å². The first-order chi connectivity index (χ1) is 9.54. The van der Waals surface area contributed by atoms with E-state index in [0.29, 0.717) is 23.5 Å². The lowest BCUT2D eigenvalue weighted by Gasteiger charge is -2.06. The van der Waals surface area contributed by atoms with Gasteiger partial charge in [-0.15, -0.1) is 0 Å². The van der Waals surface area contributed by atoms with Crippen LogP contribution >= 0.6 is 0 Å². The average molecular weight is 273 g/mol. The highest BCUT2D eigenvalue weighted by Crippen LogP contribution is 2.09. The number of nitrogens with two attached hydrogens (primary N) is 1. The van der Waals surface area contributed by atoms with E-state index in [4.69, 9.17) is 5.73 Å². The number of halogens is 1. The van der Waals surface area contributed by atoms with E-state index in [1.165, 1.54) is 12.3 Å². The molecular formula is C15H16FN3O. The Bertz CT molecular complexity index is 611. The van der Waals surface area contributed by atoms with E-state index < -0.39 is 0 Å². The van der Waals surface area contributed by atoms with Crippen LogP contribution in [0.4, 0.5) is 10.1 Å². The van der Waals surface area contributed by atoms with Crippen molar-refractivity contribution in [3.05, 3.63) is 59.2 Å². The first-order valence-electron chi connectivity index (χ1n) is 6.27. The summed E-state index contributed by atoms with van der Waals surface area (Å²) in [6.45, 7) is 2.00. The van der Waals surface area contributed by atoms with Gasteiger partial charge in [0, 0.05) is 12.2 Å². The Balaban J connectivity index is 1.88. The fraction of sp³-hybridized carbons (Fsp3) is 0.200. The van der Waals surface area contributed by atoms with Crippen LogP contribution in [0.3, 0.4) is 0 Å². The number of anilines is 1. The molecule has 2 rings (SSSR count). The lowest BCUT2D eigenvalue weighted by atomic mass is 10.1. The molecular weight excluding hydrogens is 257 g/mol. The maximum Gasteiger partial charge on any atom is 0.226 e. The van der Waals surface area contributed by atoms with Crippen LogP contribution in [0, 0.1) is 12.7 Å². The van der Waals surface area contributed by atoms with Crippen molar-refractivity contribution >= 4 is 11.6 Å². The molecule has 4 nitrogen and oxygen atoms in total. The van der Waals surface area contributed by atoms with Gasteiger partial charge in [-0.1, -0.05) is 12.1 Å². The number of benzene rings is 1. The number of amides is 1. The molecule has 1 heterocycles. The number of nitrogens with zero attached hydrogens (tertiary/aromatic N) is 1. The van der Waals surface area contributed by atoms with Crippen LogP contribution in [-0.4, -0.2) is 10.9 Å². The summed E-state index contributed by atoms with van der Waals surface area (Å²) in [5, 5.41) is 2.73. The predicted octanol–water partition coefficient (Wildman–Crippen LogP) is 1.97. The normalized spacial score (nSPS) is 10.3. The lowest BCUT2D eigenvalue weighted by Crippen LogP contribution is -2.25. The zero-order chi connectivity index (χ0) is 14.5. The van der Waals surface area contributed by atoms with Gasteiger partial charge in [0.15, 0.2) is 0 Å². The molecule has 0 aliphatic carbocycles. The molecule has 1 amide bonds. The fourth-order valence-corrected chi connectivity index (χ4v) is 1.71. The van der Waals surface area contributed by atoms with Gasteiger partial charge in [0.2, 0.25) is 5.91 Å². The minimum Gasteiger partial charge on any atom is -0.397 e. The quantitative estimate of drug-likeness (QED) is 0.895. The molecule has 2 aromatic rings. The third-order valence-corrected chi connectivity index (χ3v) is 2.92. The van der Waals surface area contributed by atoms with Crippen LogP contribution in [0.15, 0.2) is 36.5 Å². The number of hydrogen-bond donors (Lipinski definition) is 2. The molecule has 1 aromatic heterocycles. The topological polar surface area (TPSA) is 68.0 Å². The number of aryl methyl sites for hydroxylation is 1. The molecule has 0 unspecified atom stereocenters. The van der Waals surface area contributed by atoms with Crippen LogP contribution in [0.25, 0.3) is 0 Å². The molecule has 0 saturated carbocycles. The van der Waals surface area contributed by atoms with Crippen molar-refractivity contribution in [3.63, 3.8) is 0 Å². The van der Waals surface area contributed by atoms with E-state index in [-0.39, 0.29) is 18.1 Å². The Morgan fingerprint density at radius 1 is 1.35 bits per heavy atom. The number of carbonyl (C=O) groups excluding carboxylic acids is 1. The molecule has 0 spiro atoms. The van der Waals surface area contributed by atoms with Crippen LogP contribution in [0.5, 0.6) is 0 Å². The van der Waals surface area contributed by atoms with Crippen molar-refractivity contribution in [1.29, 1.82) is 0 Å². The molecule has 0 aliphatic heterocycles. The summed E-state index contributed by atoms with van der Waals surface area (Å²) in [6.07, 6.45) is 1.69. The number of hydrogen-bond acceptors (Lipinski definition) is 3. The highest BCUT2D eigenvalue weighted by atomic mass is 19.1. The van der Waals surface area contributed by atoms with Gasteiger partial charge in [-0.05, 0) is 36.2 Å². The number of nitrogen functional groups attached to an aromatic ring is 1. The van der Waals surface area contributed by atoms with Crippen molar-refractivity contribution in [1.82, 2.24) is 10.3 Å². The summed E-state index contributed by atoms with van der Waals surface area (Å²) in [5.74, 6) is -0.430. The van der Waals surface area contributed by atoms with Crippen molar-refractivity contribution in [2.75, 3.05) is 5.73 Å². The molecule has 0 saturated heterocycles. The van der Waals surface area contributed by atoms with E-state index in [1.54, 1.807) is 31.2 Å². The van der Waals surface area contributed by atoms with E-state index in [2.05, 4.69) is 10.3 Å². The van der Waals surface area contributed by atoms with Gasteiger partial charge in [-0.3, -0.25) is 9.78 Å². The second-order valence-corrected chi connectivity index (χ2v) is 4.62.